The minimum absolute atomic E-state index is 0.163. The second-order valence-electron chi connectivity index (χ2n) is 2.50. The van der Waals surface area contributed by atoms with Gasteiger partial charge in [0.05, 0.1) is 10.7 Å². The van der Waals surface area contributed by atoms with Crippen LogP contribution >= 0.6 is 15.9 Å². The summed E-state index contributed by atoms with van der Waals surface area (Å²) in [6.45, 7) is 0. The van der Waals surface area contributed by atoms with E-state index in [2.05, 4.69) is 20.9 Å². The Morgan fingerprint density at radius 1 is 1.62 bits per heavy atom. The SMILES string of the molecule is O=C(O)c1cnc2c(Br)cccn12. The van der Waals surface area contributed by atoms with Crippen LogP contribution < -0.4 is 0 Å². The maximum atomic E-state index is 10.7. The molecule has 0 unspecified atom stereocenters. The molecule has 2 aromatic heterocycles. The van der Waals surface area contributed by atoms with Gasteiger partial charge in [-0.2, -0.15) is 0 Å². The van der Waals surface area contributed by atoms with E-state index in [0.717, 1.165) is 4.47 Å². The minimum Gasteiger partial charge on any atom is -0.477 e. The molecule has 0 atom stereocenters. The van der Waals surface area contributed by atoms with Crippen molar-refractivity contribution in [1.29, 1.82) is 0 Å². The molecule has 0 aliphatic carbocycles. The number of fused-ring (bicyclic) bond motifs is 1. The zero-order chi connectivity index (χ0) is 9.42. The van der Waals surface area contributed by atoms with Gasteiger partial charge < -0.3 is 5.11 Å². The maximum absolute atomic E-state index is 10.7. The molecular formula is C8H5BrN2O2. The highest BCUT2D eigenvalue weighted by Crippen LogP contribution is 2.17. The average molecular weight is 241 g/mol. The predicted octanol–water partition coefficient (Wildman–Crippen LogP) is 1.79. The monoisotopic (exact) mass is 240 g/mol. The lowest BCUT2D eigenvalue weighted by Crippen LogP contribution is -2.00. The van der Waals surface area contributed by atoms with E-state index in [9.17, 15) is 4.79 Å². The summed E-state index contributed by atoms with van der Waals surface area (Å²) in [5.74, 6) is -0.981. The highest BCUT2D eigenvalue weighted by molar-refractivity contribution is 9.10. The molecule has 2 aromatic rings. The molecule has 0 radical (unpaired) electrons. The number of imidazole rings is 1. The van der Waals surface area contributed by atoms with Gasteiger partial charge in [0.2, 0.25) is 0 Å². The van der Waals surface area contributed by atoms with E-state index in [4.69, 9.17) is 5.11 Å². The Labute approximate surface area is 82.0 Å². The Morgan fingerprint density at radius 3 is 3.08 bits per heavy atom. The van der Waals surface area contributed by atoms with Crippen LogP contribution in [0.5, 0.6) is 0 Å². The third-order valence-electron chi connectivity index (χ3n) is 1.71. The normalized spacial score (nSPS) is 10.5. The summed E-state index contributed by atoms with van der Waals surface area (Å²) in [4.78, 5) is 14.7. The first-order valence-electron chi connectivity index (χ1n) is 3.55. The molecule has 1 N–H and O–H groups in total. The molecule has 0 amide bonds. The Balaban J connectivity index is 2.83. The third-order valence-corrected chi connectivity index (χ3v) is 2.33. The van der Waals surface area contributed by atoms with Crippen LogP contribution in [0.1, 0.15) is 10.5 Å². The molecule has 0 aliphatic heterocycles. The third kappa shape index (κ3) is 1.21. The zero-order valence-electron chi connectivity index (χ0n) is 6.44. The molecular weight excluding hydrogens is 236 g/mol. The van der Waals surface area contributed by atoms with Gasteiger partial charge in [-0.1, -0.05) is 0 Å². The Kier molecular flexibility index (Phi) is 1.81. The minimum atomic E-state index is -0.981. The molecule has 66 valence electrons. The Bertz CT molecular complexity index is 478. The lowest BCUT2D eigenvalue weighted by molar-refractivity contribution is 0.0689. The van der Waals surface area contributed by atoms with Crippen molar-refractivity contribution < 1.29 is 9.90 Å². The van der Waals surface area contributed by atoms with Crippen molar-refractivity contribution in [2.75, 3.05) is 0 Å². The fourth-order valence-corrected chi connectivity index (χ4v) is 1.58. The number of carboxylic acids is 1. The van der Waals surface area contributed by atoms with Crippen molar-refractivity contribution >= 4 is 27.5 Å². The van der Waals surface area contributed by atoms with E-state index in [-0.39, 0.29) is 5.69 Å². The van der Waals surface area contributed by atoms with Gasteiger partial charge in [-0.05, 0) is 28.1 Å². The maximum Gasteiger partial charge on any atom is 0.354 e. The molecule has 0 bridgehead atoms. The van der Waals surface area contributed by atoms with Gasteiger partial charge in [-0.3, -0.25) is 4.40 Å². The van der Waals surface area contributed by atoms with Gasteiger partial charge >= 0.3 is 5.97 Å². The van der Waals surface area contributed by atoms with E-state index in [0.29, 0.717) is 5.65 Å². The molecule has 5 heteroatoms. The number of hydrogen-bond acceptors (Lipinski definition) is 2. The number of carboxylic acid groups (broad SMARTS) is 1. The lowest BCUT2D eigenvalue weighted by atomic mass is 10.4. The first-order chi connectivity index (χ1) is 6.20. The Hall–Kier alpha value is -1.36. The van der Waals surface area contributed by atoms with Crippen LogP contribution in [0.3, 0.4) is 0 Å². The van der Waals surface area contributed by atoms with Gasteiger partial charge in [0.25, 0.3) is 0 Å². The lowest BCUT2D eigenvalue weighted by Gasteiger charge is -1.96. The van der Waals surface area contributed by atoms with Crippen LogP contribution in [-0.2, 0) is 0 Å². The molecule has 0 spiro atoms. The van der Waals surface area contributed by atoms with Crippen molar-refractivity contribution in [2.45, 2.75) is 0 Å². The van der Waals surface area contributed by atoms with Gasteiger partial charge in [0.1, 0.15) is 0 Å². The Morgan fingerprint density at radius 2 is 2.38 bits per heavy atom. The smallest absolute Gasteiger partial charge is 0.354 e. The largest absolute Gasteiger partial charge is 0.477 e. The first kappa shape index (κ1) is 8.25. The summed E-state index contributed by atoms with van der Waals surface area (Å²) in [7, 11) is 0. The molecule has 0 aromatic carbocycles. The van der Waals surface area contributed by atoms with Gasteiger partial charge in [-0.15, -0.1) is 0 Å². The second kappa shape index (κ2) is 2.85. The van der Waals surface area contributed by atoms with Crippen LogP contribution in [0, 0.1) is 0 Å². The summed E-state index contributed by atoms with van der Waals surface area (Å²) in [6.07, 6.45) is 3.00. The number of pyridine rings is 1. The second-order valence-corrected chi connectivity index (χ2v) is 3.35. The van der Waals surface area contributed by atoms with E-state index in [1.807, 2.05) is 6.07 Å². The summed E-state index contributed by atoms with van der Waals surface area (Å²) in [5.41, 5.74) is 0.774. The number of carbonyl (C=O) groups is 1. The van der Waals surface area contributed by atoms with Gasteiger partial charge in [0, 0.05) is 6.20 Å². The van der Waals surface area contributed by atoms with Crippen LogP contribution in [0.25, 0.3) is 5.65 Å². The van der Waals surface area contributed by atoms with E-state index in [1.54, 1.807) is 12.3 Å². The molecule has 2 rings (SSSR count). The van der Waals surface area contributed by atoms with Crippen LogP contribution in [0.15, 0.2) is 29.0 Å². The topological polar surface area (TPSA) is 54.6 Å². The number of rotatable bonds is 1. The van der Waals surface area contributed by atoms with Crippen molar-refractivity contribution in [1.82, 2.24) is 9.38 Å². The van der Waals surface area contributed by atoms with E-state index in [1.165, 1.54) is 10.6 Å². The fourth-order valence-electron chi connectivity index (χ4n) is 1.13. The summed E-state index contributed by atoms with van der Waals surface area (Å²) >= 11 is 3.28. The predicted molar refractivity (Wildman–Crippen MR) is 49.9 cm³/mol. The van der Waals surface area contributed by atoms with E-state index >= 15 is 0 Å². The standard InChI is InChI=1S/C8H5BrN2O2/c9-5-2-1-3-11-6(8(12)13)4-10-7(5)11/h1-4H,(H,12,13). The molecule has 0 saturated carbocycles. The quantitative estimate of drug-likeness (QED) is 0.828. The van der Waals surface area contributed by atoms with Crippen molar-refractivity contribution in [3.8, 4) is 0 Å². The van der Waals surface area contributed by atoms with E-state index < -0.39 is 5.97 Å². The molecule has 13 heavy (non-hydrogen) atoms. The molecule has 4 nitrogen and oxygen atoms in total. The highest BCUT2D eigenvalue weighted by atomic mass is 79.9. The van der Waals surface area contributed by atoms with Crippen molar-refractivity contribution in [3.05, 3.63) is 34.7 Å². The molecule has 2 heterocycles. The number of halogens is 1. The molecule has 0 saturated heterocycles. The van der Waals surface area contributed by atoms with Crippen LogP contribution in [0.2, 0.25) is 0 Å². The molecule has 0 fully saturated rings. The summed E-state index contributed by atoms with van der Waals surface area (Å²) < 4.78 is 2.30. The van der Waals surface area contributed by atoms with Crippen molar-refractivity contribution in [2.24, 2.45) is 0 Å². The molecule has 0 aliphatic rings. The first-order valence-corrected chi connectivity index (χ1v) is 4.34. The fraction of sp³-hybridized carbons (Fsp3) is 0. The zero-order valence-corrected chi connectivity index (χ0v) is 8.02. The highest BCUT2D eigenvalue weighted by Gasteiger charge is 2.10. The number of hydrogen-bond donors (Lipinski definition) is 1. The van der Waals surface area contributed by atoms with Gasteiger partial charge in [0.15, 0.2) is 11.3 Å². The van der Waals surface area contributed by atoms with Gasteiger partial charge in [-0.25, -0.2) is 9.78 Å². The number of nitrogens with zero attached hydrogens (tertiary/aromatic N) is 2. The van der Waals surface area contributed by atoms with Crippen molar-refractivity contribution in [3.63, 3.8) is 0 Å². The summed E-state index contributed by atoms with van der Waals surface area (Å²) in [6, 6.07) is 3.57. The van der Waals surface area contributed by atoms with Crippen LogP contribution in [0.4, 0.5) is 0 Å². The average Bonchev–Trinajstić information content (AvgIpc) is 2.48. The number of aromatic carboxylic acids is 1. The number of aromatic nitrogens is 2. The summed E-state index contributed by atoms with van der Waals surface area (Å²) in [5, 5.41) is 8.79. The van der Waals surface area contributed by atoms with Crippen LogP contribution in [-0.4, -0.2) is 20.5 Å².